The molecule has 0 amide bonds. The van der Waals surface area contributed by atoms with Crippen LogP contribution in [-0.2, 0) is 0 Å². The van der Waals surface area contributed by atoms with Crippen molar-refractivity contribution in [3.63, 3.8) is 0 Å². The molecule has 22 heavy (non-hydrogen) atoms. The summed E-state index contributed by atoms with van der Waals surface area (Å²) in [7, 11) is 0. The number of benzene rings is 2. The molecule has 0 aliphatic heterocycles. The molecule has 0 aliphatic rings. The van der Waals surface area contributed by atoms with Crippen LogP contribution in [-0.4, -0.2) is 10.8 Å². The topological polar surface area (TPSA) is 17.3 Å². The highest BCUT2D eigenvalue weighted by Crippen LogP contribution is 2.23. The van der Waals surface area contributed by atoms with E-state index in [1.165, 1.54) is 0 Å². The van der Waals surface area contributed by atoms with Gasteiger partial charge in [0, 0.05) is 21.9 Å². The second-order valence-electron chi connectivity index (χ2n) is 4.97. The summed E-state index contributed by atoms with van der Waals surface area (Å²) in [5.74, 6) is 0. The number of nitrogens with zero attached hydrogens (tertiary/aromatic N) is 2. The first kappa shape index (κ1) is 14.9. The van der Waals surface area contributed by atoms with Gasteiger partial charge in [-0.2, -0.15) is 0 Å². The number of aryl methyl sites for hydroxylation is 1. The van der Waals surface area contributed by atoms with Gasteiger partial charge in [-0.15, -0.1) is 0 Å². The van der Waals surface area contributed by atoms with E-state index < -0.39 is 0 Å². The SMILES string of the molecule is Cc1ccc(Cl)cc1N=Cc1cccn1-c1ccc(Cl)cc1. The van der Waals surface area contributed by atoms with Crippen molar-refractivity contribution in [2.45, 2.75) is 6.92 Å². The Morgan fingerprint density at radius 3 is 2.45 bits per heavy atom. The van der Waals surface area contributed by atoms with Crippen molar-refractivity contribution in [3.05, 3.63) is 82.1 Å². The first-order valence-electron chi connectivity index (χ1n) is 6.87. The monoisotopic (exact) mass is 328 g/mol. The van der Waals surface area contributed by atoms with E-state index in [1.54, 1.807) is 0 Å². The van der Waals surface area contributed by atoms with Crippen LogP contribution in [0.2, 0.25) is 10.0 Å². The summed E-state index contributed by atoms with van der Waals surface area (Å²) in [4.78, 5) is 4.56. The van der Waals surface area contributed by atoms with Gasteiger partial charge in [-0.1, -0.05) is 29.3 Å². The van der Waals surface area contributed by atoms with Gasteiger partial charge in [0.1, 0.15) is 0 Å². The largest absolute Gasteiger partial charge is 0.316 e. The second-order valence-corrected chi connectivity index (χ2v) is 5.84. The first-order chi connectivity index (χ1) is 10.6. The van der Waals surface area contributed by atoms with E-state index in [9.17, 15) is 0 Å². The van der Waals surface area contributed by atoms with Crippen molar-refractivity contribution in [2.24, 2.45) is 4.99 Å². The van der Waals surface area contributed by atoms with Crippen molar-refractivity contribution in [2.75, 3.05) is 0 Å². The van der Waals surface area contributed by atoms with E-state index in [-0.39, 0.29) is 0 Å². The van der Waals surface area contributed by atoms with Crippen LogP contribution in [0.3, 0.4) is 0 Å². The number of halogens is 2. The van der Waals surface area contributed by atoms with Crippen LogP contribution in [0, 0.1) is 6.92 Å². The van der Waals surface area contributed by atoms with Gasteiger partial charge < -0.3 is 4.57 Å². The standard InChI is InChI=1S/C18H14Cl2N2/c1-13-4-5-15(20)11-18(13)21-12-17-3-2-10-22(17)16-8-6-14(19)7-9-16/h2-12H,1H3. The fourth-order valence-corrected chi connectivity index (χ4v) is 2.49. The molecule has 3 aromatic rings. The Balaban J connectivity index is 1.94. The summed E-state index contributed by atoms with van der Waals surface area (Å²) in [5.41, 5.74) is 3.99. The summed E-state index contributed by atoms with van der Waals surface area (Å²) in [6.45, 7) is 2.02. The maximum atomic E-state index is 6.03. The van der Waals surface area contributed by atoms with Crippen LogP contribution in [0.25, 0.3) is 5.69 Å². The second kappa shape index (κ2) is 6.39. The van der Waals surface area contributed by atoms with Crippen molar-refractivity contribution < 1.29 is 0 Å². The third-order valence-electron chi connectivity index (χ3n) is 3.39. The van der Waals surface area contributed by atoms with Crippen molar-refractivity contribution in [1.29, 1.82) is 0 Å². The van der Waals surface area contributed by atoms with E-state index in [4.69, 9.17) is 23.2 Å². The third-order valence-corrected chi connectivity index (χ3v) is 3.88. The van der Waals surface area contributed by atoms with Crippen molar-refractivity contribution in [3.8, 4) is 5.69 Å². The number of aromatic nitrogens is 1. The summed E-state index contributed by atoms with van der Waals surface area (Å²) in [6.07, 6.45) is 3.84. The maximum absolute atomic E-state index is 6.03. The van der Waals surface area contributed by atoms with Crippen LogP contribution >= 0.6 is 23.2 Å². The van der Waals surface area contributed by atoms with E-state index in [0.29, 0.717) is 5.02 Å². The van der Waals surface area contributed by atoms with Gasteiger partial charge >= 0.3 is 0 Å². The van der Waals surface area contributed by atoms with Gasteiger partial charge in [0.2, 0.25) is 0 Å². The highest BCUT2D eigenvalue weighted by Gasteiger charge is 2.02. The molecule has 3 rings (SSSR count). The van der Waals surface area contributed by atoms with Gasteiger partial charge in [-0.25, -0.2) is 0 Å². The number of hydrogen-bond acceptors (Lipinski definition) is 1. The Kier molecular flexibility index (Phi) is 4.32. The zero-order chi connectivity index (χ0) is 15.5. The van der Waals surface area contributed by atoms with Gasteiger partial charge in [-0.05, 0) is 61.0 Å². The molecule has 0 aliphatic carbocycles. The Morgan fingerprint density at radius 2 is 1.68 bits per heavy atom. The molecule has 1 aromatic heterocycles. The lowest BCUT2D eigenvalue weighted by Crippen LogP contribution is -1.97. The molecule has 0 unspecified atom stereocenters. The fraction of sp³-hybridized carbons (Fsp3) is 0.0556. The highest BCUT2D eigenvalue weighted by molar-refractivity contribution is 6.31. The van der Waals surface area contributed by atoms with Gasteiger partial charge in [0.25, 0.3) is 0 Å². The molecule has 0 spiro atoms. The lowest BCUT2D eigenvalue weighted by Gasteiger charge is -2.06. The average Bonchev–Trinajstić information content (AvgIpc) is 2.97. The van der Waals surface area contributed by atoms with E-state index in [1.807, 2.05) is 73.9 Å². The minimum Gasteiger partial charge on any atom is -0.316 e. The van der Waals surface area contributed by atoms with Crippen LogP contribution < -0.4 is 0 Å². The van der Waals surface area contributed by atoms with Gasteiger partial charge in [0.05, 0.1) is 17.6 Å². The van der Waals surface area contributed by atoms with Gasteiger partial charge in [0.15, 0.2) is 0 Å². The zero-order valence-electron chi connectivity index (χ0n) is 12.0. The lowest BCUT2D eigenvalue weighted by molar-refractivity contribution is 1.07. The normalized spacial score (nSPS) is 11.2. The predicted octanol–water partition coefficient (Wildman–Crippen LogP) is 5.84. The predicted molar refractivity (Wildman–Crippen MR) is 94.2 cm³/mol. The van der Waals surface area contributed by atoms with Crippen LogP contribution in [0.1, 0.15) is 11.3 Å². The van der Waals surface area contributed by atoms with E-state index in [0.717, 1.165) is 27.7 Å². The minimum atomic E-state index is 0.686. The molecule has 110 valence electrons. The molecule has 0 saturated heterocycles. The maximum Gasteiger partial charge on any atom is 0.0674 e. The Morgan fingerprint density at radius 1 is 0.955 bits per heavy atom. The van der Waals surface area contributed by atoms with Gasteiger partial charge in [-0.3, -0.25) is 4.99 Å². The fourth-order valence-electron chi connectivity index (χ4n) is 2.19. The molecule has 1 heterocycles. The number of hydrogen-bond donors (Lipinski definition) is 0. The summed E-state index contributed by atoms with van der Waals surface area (Å²) < 4.78 is 2.06. The number of rotatable bonds is 3. The van der Waals surface area contributed by atoms with Crippen molar-refractivity contribution in [1.82, 2.24) is 4.57 Å². The Labute approximate surface area is 139 Å². The van der Waals surface area contributed by atoms with Crippen LogP contribution in [0.4, 0.5) is 5.69 Å². The zero-order valence-corrected chi connectivity index (χ0v) is 13.5. The Hall–Kier alpha value is -2.03. The highest BCUT2D eigenvalue weighted by atomic mass is 35.5. The molecular weight excluding hydrogens is 315 g/mol. The first-order valence-corrected chi connectivity index (χ1v) is 7.62. The third kappa shape index (κ3) is 3.24. The smallest absolute Gasteiger partial charge is 0.0674 e. The summed E-state index contributed by atoms with van der Waals surface area (Å²) in [6, 6.07) is 17.4. The molecule has 0 fully saturated rings. The number of aliphatic imine (C=N–C) groups is 1. The lowest BCUT2D eigenvalue weighted by atomic mass is 10.2. The summed E-state index contributed by atoms with van der Waals surface area (Å²) >= 11 is 12.0. The molecule has 2 nitrogen and oxygen atoms in total. The van der Waals surface area contributed by atoms with Crippen molar-refractivity contribution >= 4 is 35.1 Å². The van der Waals surface area contributed by atoms with E-state index >= 15 is 0 Å². The molecule has 4 heteroatoms. The molecule has 2 aromatic carbocycles. The molecule has 0 saturated carbocycles. The average molecular weight is 329 g/mol. The van der Waals surface area contributed by atoms with Crippen LogP contribution in [0.5, 0.6) is 0 Å². The molecule has 0 bridgehead atoms. The minimum absolute atomic E-state index is 0.686. The van der Waals surface area contributed by atoms with E-state index in [2.05, 4.69) is 9.56 Å². The quantitative estimate of drug-likeness (QED) is 0.537. The Bertz CT molecular complexity index is 817. The molecule has 0 atom stereocenters. The van der Waals surface area contributed by atoms with Crippen LogP contribution in [0.15, 0.2) is 65.8 Å². The molecular formula is C18H14Cl2N2. The molecule has 0 N–H and O–H groups in total. The molecule has 0 radical (unpaired) electrons. The summed E-state index contributed by atoms with van der Waals surface area (Å²) in [5, 5.41) is 1.41.